The number of carbonyl (C=O) groups excluding carboxylic acids is 3. The summed E-state index contributed by atoms with van der Waals surface area (Å²) in [5.41, 5.74) is 0.476. The van der Waals surface area contributed by atoms with Crippen LogP contribution >= 0.6 is 0 Å². The first kappa shape index (κ1) is 20.7. The molecule has 1 aliphatic heterocycles. The van der Waals surface area contributed by atoms with Gasteiger partial charge in [-0.2, -0.15) is 0 Å². The standard InChI is InChI=1S/C19H28N4O4/c1-14(2)21-17(24)13-22-8-10-23(11-9-22)18(25)12-20-19(26)15-4-6-16(27-3)7-5-15/h4-7,14H,8-13H2,1-3H3,(H,20,26)(H,21,24). The molecule has 1 heterocycles. The molecule has 1 aromatic rings. The molecule has 0 saturated carbocycles. The van der Waals surface area contributed by atoms with Gasteiger partial charge in [0.05, 0.1) is 20.2 Å². The fourth-order valence-corrected chi connectivity index (χ4v) is 2.84. The van der Waals surface area contributed by atoms with Crippen molar-refractivity contribution in [2.45, 2.75) is 19.9 Å². The van der Waals surface area contributed by atoms with E-state index < -0.39 is 0 Å². The van der Waals surface area contributed by atoms with Gasteiger partial charge in [0, 0.05) is 37.8 Å². The van der Waals surface area contributed by atoms with Gasteiger partial charge in [-0.05, 0) is 38.1 Å². The van der Waals surface area contributed by atoms with E-state index in [-0.39, 0.29) is 30.3 Å². The first-order chi connectivity index (χ1) is 12.9. The summed E-state index contributed by atoms with van der Waals surface area (Å²) in [5, 5.41) is 5.51. The van der Waals surface area contributed by atoms with Gasteiger partial charge in [0.15, 0.2) is 0 Å². The molecule has 2 rings (SSSR count). The molecule has 0 bridgehead atoms. The maximum Gasteiger partial charge on any atom is 0.251 e. The van der Waals surface area contributed by atoms with Crippen molar-refractivity contribution in [2.24, 2.45) is 0 Å². The van der Waals surface area contributed by atoms with Crippen molar-refractivity contribution in [3.05, 3.63) is 29.8 Å². The van der Waals surface area contributed by atoms with Crippen LogP contribution in [0.15, 0.2) is 24.3 Å². The lowest BCUT2D eigenvalue weighted by Crippen LogP contribution is -2.53. The summed E-state index contributed by atoms with van der Waals surface area (Å²) in [6.07, 6.45) is 0. The summed E-state index contributed by atoms with van der Waals surface area (Å²) in [7, 11) is 1.56. The third-order valence-electron chi connectivity index (χ3n) is 4.29. The number of carbonyl (C=O) groups is 3. The maximum absolute atomic E-state index is 12.3. The van der Waals surface area contributed by atoms with Crippen molar-refractivity contribution < 1.29 is 19.1 Å². The Morgan fingerprint density at radius 2 is 1.70 bits per heavy atom. The molecule has 0 spiro atoms. The van der Waals surface area contributed by atoms with Gasteiger partial charge < -0.3 is 20.3 Å². The van der Waals surface area contributed by atoms with Crippen LogP contribution in [0.5, 0.6) is 5.75 Å². The predicted octanol–water partition coefficient (Wildman–Crippen LogP) is 0.0938. The maximum atomic E-state index is 12.3. The van der Waals surface area contributed by atoms with Crippen molar-refractivity contribution in [2.75, 3.05) is 46.4 Å². The zero-order chi connectivity index (χ0) is 19.8. The van der Waals surface area contributed by atoms with Crippen molar-refractivity contribution in [1.82, 2.24) is 20.4 Å². The lowest BCUT2D eigenvalue weighted by molar-refractivity contribution is -0.132. The summed E-state index contributed by atoms with van der Waals surface area (Å²) in [4.78, 5) is 40.0. The monoisotopic (exact) mass is 376 g/mol. The highest BCUT2D eigenvalue weighted by atomic mass is 16.5. The Bertz CT molecular complexity index is 652. The van der Waals surface area contributed by atoms with Crippen LogP contribution < -0.4 is 15.4 Å². The second-order valence-electron chi connectivity index (χ2n) is 6.79. The Balaban J connectivity index is 1.72. The van der Waals surface area contributed by atoms with Crippen LogP contribution in [0.25, 0.3) is 0 Å². The minimum Gasteiger partial charge on any atom is -0.497 e. The Morgan fingerprint density at radius 1 is 1.07 bits per heavy atom. The fourth-order valence-electron chi connectivity index (χ4n) is 2.84. The van der Waals surface area contributed by atoms with Crippen LogP contribution in [0, 0.1) is 0 Å². The van der Waals surface area contributed by atoms with E-state index in [1.165, 1.54) is 0 Å². The minimum atomic E-state index is -0.296. The van der Waals surface area contributed by atoms with Gasteiger partial charge in [-0.25, -0.2) is 0 Å². The largest absolute Gasteiger partial charge is 0.497 e. The summed E-state index contributed by atoms with van der Waals surface area (Å²) in [5.74, 6) is 0.247. The summed E-state index contributed by atoms with van der Waals surface area (Å²) in [6.45, 7) is 6.53. The zero-order valence-electron chi connectivity index (χ0n) is 16.2. The van der Waals surface area contributed by atoms with Crippen molar-refractivity contribution >= 4 is 17.7 Å². The molecule has 8 heteroatoms. The van der Waals surface area contributed by atoms with Gasteiger partial charge in [-0.1, -0.05) is 0 Å². The molecule has 0 aromatic heterocycles. The zero-order valence-corrected chi connectivity index (χ0v) is 16.2. The molecular formula is C19H28N4O4. The Morgan fingerprint density at radius 3 is 2.26 bits per heavy atom. The van der Waals surface area contributed by atoms with Crippen molar-refractivity contribution in [1.29, 1.82) is 0 Å². The van der Waals surface area contributed by atoms with E-state index in [1.54, 1.807) is 36.3 Å². The third kappa shape index (κ3) is 6.56. The van der Waals surface area contributed by atoms with E-state index in [1.807, 2.05) is 18.7 Å². The number of hydrogen-bond donors (Lipinski definition) is 2. The molecule has 8 nitrogen and oxygen atoms in total. The van der Waals surface area contributed by atoms with E-state index in [0.29, 0.717) is 44.0 Å². The molecule has 0 unspecified atom stereocenters. The van der Waals surface area contributed by atoms with Crippen LogP contribution in [-0.4, -0.2) is 79.9 Å². The Hall–Kier alpha value is -2.61. The number of amides is 3. The highest BCUT2D eigenvalue weighted by Crippen LogP contribution is 2.11. The molecule has 0 aliphatic carbocycles. The molecule has 1 aliphatic rings. The van der Waals surface area contributed by atoms with E-state index in [2.05, 4.69) is 10.6 Å². The average Bonchev–Trinajstić information content (AvgIpc) is 2.65. The van der Waals surface area contributed by atoms with Gasteiger partial charge in [-0.15, -0.1) is 0 Å². The molecule has 2 N–H and O–H groups in total. The SMILES string of the molecule is COc1ccc(C(=O)NCC(=O)N2CCN(CC(=O)NC(C)C)CC2)cc1. The Labute approximate surface area is 159 Å². The molecule has 1 saturated heterocycles. The first-order valence-corrected chi connectivity index (χ1v) is 9.10. The van der Waals surface area contributed by atoms with Crippen LogP contribution in [0.3, 0.4) is 0 Å². The smallest absolute Gasteiger partial charge is 0.251 e. The van der Waals surface area contributed by atoms with Crippen molar-refractivity contribution in [3.63, 3.8) is 0 Å². The number of ether oxygens (including phenoxy) is 1. The number of methoxy groups -OCH3 is 1. The number of nitrogens with zero attached hydrogens (tertiary/aromatic N) is 2. The molecule has 1 fully saturated rings. The second-order valence-corrected chi connectivity index (χ2v) is 6.79. The van der Waals surface area contributed by atoms with Crippen LogP contribution in [0.2, 0.25) is 0 Å². The molecule has 148 valence electrons. The average molecular weight is 376 g/mol. The first-order valence-electron chi connectivity index (χ1n) is 9.10. The van der Waals surface area contributed by atoms with E-state index in [4.69, 9.17) is 4.74 Å². The highest BCUT2D eigenvalue weighted by Gasteiger charge is 2.22. The van der Waals surface area contributed by atoms with Gasteiger partial charge in [-0.3, -0.25) is 19.3 Å². The number of benzene rings is 1. The van der Waals surface area contributed by atoms with Gasteiger partial charge in [0.25, 0.3) is 5.91 Å². The minimum absolute atomic E-state index is 0.00321. The number of piperazine rings is 1. The molecule has 0 radical (unpaired) electrons. The fraction of sp³-hybridized carbons (Fsp3) is 0.526. The second kappa shape index (κ2) is 9.91. The van der Waals surface area contributed by atoms with Crippen LogP contribution in [0.1, 0.15) is 24.2 Å². The summed E-state index contributed by atoms with van der Waals surface area (Å²) in [6, 6.07) is 6.82. The van der Waals surface area contributed by atoms with Crippen LogP contribution in [-0.2, 0) is 9.59 Å². The Kier molecular flexibility index (Phi) is 7.60. The van der Waals surface area contributed by atoms with Gasteiger partial charge in [0.2, 0.25) is 11.8 Å². The molecular weight excluding hydrogens is 348 g/mol. The number of hydrogen-bond acceptors (Lipinski definition) is 5. The van der Waals surface area contributed by atoms with E-state index >= 15 is 0 Å². The highest BCUT2D eigenvalue weighted by molar-refractivity contribution is 5.96. The van der Waals surface area contributed by atoms with Gasteiger partial charge in [0.1, 0.15) is 5.75 Å². The molecule has 27 heavy (non-hydrogen) atoms. The van der Waals surface area contributed by atoms with E-state index in [0.717, 1.165) is 0 Å². The van der Waals surface area contributed by atoms with Crippen molar-refractivity contribution in [3.8, 4) is 5.75 Å². The normalized spacial score (nSPS) is 14.7. The number of rotatable bonds is 7. The topological polar surface area (TPSA) is 91.0 Å². The van der Waals surface area contributed by atoms with Crippen LogP contribution in [0.4, 0.5) is 0 Å². The molecule has 1 aromatic carbocycles. The van der Waals surface area contributed by atoms with E-state index in [9.17, 15) is 14.4 Å². The lowest BCUT2D eigenvalue weighted by atomic mass is 10.2. The quantitative estimate of drug-likeness (QED) is 0.704. The number of nitrogens with one attached hydrogen (secondary N) is 2. The molecule has 3 amide bonds. The summed E-state index contributed by atoms with van der Waals surface area (Å²) < 4.78 is 5.06. The lowest BCUT2D eigenvalue weighted by Gasteiger charge is -2.34. The molecule has 0 atom stereocenters. The predicted molar refractivity (Wildman–Crippen MR) is 102 cm³/mol. The third-order valence-corrected chi connectivity index (χ3v) is 4.29. The van der Waals surface area contributed by atoms with Gasteiger partial charge >= 0.3 is 0 Å². The summed E-state index contributed by atoms with van der Waals surface area (Å²) >= 11 is 0.